The Morgan fingerprint density at radius 1 is 1.38 bits per heavy atom. The zero-order chi connectivity index (χ0) is 11.6. The standard InChI is InChI=1S/C10H21N5O/c11-4-1-2-5-12-8-10-9-15(14-13-10)6-3-7-16/h9,12,16H,1-8,11H2. The van der Waals surface area contributed by atoms with E-state index < -0.39 is 0 Å². The van der Waals surface area contributed by atoms with Crippen molar-refractivity contribution in [1.82, 2.24) is 20.3 Å². The van der Waals surface area contributed by atoms with E-state index in [1.807, 2.05) is 6.20 Å². The Hall–Kier alpha value is -0.980. The van der Waals surface area contributed by atoms with Crippen molar-refractivity contribution in [2.75, 3.05) is 19.7 Å². The van der Waals surface area contributed by atoms with Crippen LogP contribution in [0.5, 0.6) is 0 Å². The predicted octanol–water partition coefficient (Wildman–Crippen LogP) is -0.511. The van der Waals surface area contributed by atoms with Crippen molar-refractivity contribution in [3.05, 3.63) is 11.9 Å². The minimum atomic E-state index is 0.187. The van der Waals surface area contributed by atoms with Crippen LogP contribution in [0.3, 0.4) is 0 Å². The van der Waals surface area contributed by atoms with Gasteiger partial charge in [0.05, 0.1) is 5.69 Å². The molecule has 6 heteroatoms. The van der Waals surface area contributed by atoms with Gasteiger partial charge in [0.15, 0.2) is 0 Å². The van der Waals surface area contributed by atoms with Crippen molar-refractivity contribution in [1.29, 1.82) is 0 Å². The summed E-state index contributed by atoms with van der Waals surface area (Å²) in [5.41, 5.74) is 6.33. The van der Waals surface area contributed by atoms with Gasteiger partial charge >= 0.3 is 0 Å². The maximum absolute atomic E-state index is 8.67. The second-order valence-corrected chi connectivity index (χ2v) is 3.72. The summed E-state index contributed by atoms with van der Waals surface area (Å²) in [4.78, 5) is 0. The molecule has 6 nitrogen and oxygen atoms in total. The van der Waals surface area contributed by atoms with Crippen LogP contribution in [-0.4, -0.2) is 39.8 Å². The van der Waals surface area contributed by atoms with E-state index in [1.165, 1.54) is 0 Å². The minimum absolute atomic E-state index is 0.187. The molecule has 0 saturated carbocycles. The Morgan fingerprint density at radius 3 is 3.00 bits per heavy atom. The second-order valence-electron chi connectivity index (χ2n) is 3.72. The highest BCUT2D eigenvalue weighted by molar-refractivity contribution is 4.91. The van der Waals surface area contributed by atoms with E-state index in [0.29, 0.717) is 6.42 Å². The summed E-state index contributed by atoms with van der Waals surface area (Å²) in [7, 11) is 0. The summed E-state index contributed by atoms with van der Waals surface area (Å²) in [6, 6.07) is 0. The maximum Gasteiger partial charge on any atom is 0.0964 e. The minimum Gasteiger partial charge on any atom is -0.396 e. The van der Waals surface area contributed by atoms with Crippen LogP contribution in [0.2, 0.25) is 0 Å². The van der Waals surface area contributed by atoms with Crippen LogP contribution in [0.1, 0.15) is 25.0 Å². The predicted molar refractivity (Wildman–Crippen MR) is 61.7 cm³/mol. The number of hydrogen-bond acceptors (Lipinski definition) is 5. The fourth-order valence-corrected chi connectivity index (χ4v) is 1.37. The Balaban J connectivity index is 2.14. The Bertz CT molecular complexity index is 276. The lowest BCUT2D eigenvalue weighted by atomic mass is 10.3. The summed E-state index contributed by atoms with van der Waals surface area (Å²) in [5, 5.41) is 20.0. The van der Waals surface area contributed by atoms with Crippen molar-refractivity contribution in [3.63, 3.8) is 0 Å². The number of nitrogens with two attached hydrogens (primary N) is 1. The van der Waals surface area contributed by atoms with Crippen LogP contribution in [0.15, 0.2) is 6.20 Å². The van der Waals surface area contributed by atoms with E-state index in [2.05, 4.69) is 15.6 Å². The first-order valence-corrected chi connectivity index (χ1v) is 5.77. The van der Waals surface area contributed by atoms with Crippen LogP contribution >= 0.6 is 0 Å². The van der Waals surface area contributed by atoms with Gasteiger partial charge in [0, 0.05) is 25.9 Å². The van der Waals surface area contributed by atoms with E-state index in [1.54, 1.807) is 4.68 Å². The number of rotatable bonds is 9. The van der Waals surface area contributed by atoms with E-state index in [0.717, 1.165) is 44.7 Å². The fourth-order valence-electron chi connectivity index (χ4n) is 1.37. The number of hydrogen-bond donors (Lipinski definition) is 3. The molecule has 0 aliphatic heterocycles. The van der Waals surface area contributed by atoms with Crippen LogP contribution in [0, 0.1) is 0 Å². The van der Waals surface area contributed by atoms with Gasteiger partial charge in [-0.2, -0.15) is 0 Å². The average molecular weight is 227 g/mol. The van der Waals surface area contributed by atoms with Gasteiger partial charge in [0.25, 0.3) is 0 Å². The smallest absolute Gasteiger partial charge is 0.0964 e. The van der Waals surface area contributed by atoms with E-state index in [4.69, 9.17) is 10.8 Å². The third kappa shape index (κ3) is 5.20. The highest BCUT2D eigenvalue weighted by Gasteiger charge is 1.99. The summed E-state index contributed by atoms with van der Waals surface area (Å²) in [6.07, 6.45) is 4.77. The molecule has 4 N–H and O–H groups in total. The Morgan fingerprint density at radius 2 is 2.25 bits per heavy atom. The number of nitrogens with zero attached hydrogens (tertiary/aromatic N) is 3. The van der Waals surface area contributed by atoms with Gasteiger partial charge in [-0.25, -0.2) is 0 Å². The van der Waals surface area contributed by atoms with Crippen LogP contribution < -0.4 is 11.1 Å². The molecule has 92 valence electrons. The third-order valence-electron chi connectivity index (χ3n) is 2.25. The first kappa shape index (κ1) is 13.1. The third-order valence-corrected chi connectivity index (χ3v) is 2.25. The van der Waals surface area contributed by atoms with E-state index in [9.17, 15) is 0 Å². The lowest BCUT2D eigenvalue weighted by molar-refractivity contribution is 0.276. The van der Waals surface area contributed by atoms with Gasteiger partial charge in [-0.15, -0.1) is 5.10 Å². The molecular weight excluding hydrogens is 206 g/mol. The number of nitrogens with one attached hydrogen (secondary N) is 1. The first-order chi connectivity index (χ1) is 7.86. The molecule has 1 rings (SSSR count). The molecule has 0 radical (unpaired) electrons. The van der Waals surface area contributed by atoms with Gasteiger partial charge in [-0.1, -0.05) is 5.21 Å². The molecular formula is C10H21N5O. The summed E-state index contributed by atoms with van der Waals surface area (Å²) < 4.78 is 1.76. The zero-order valence-electron chi connectivity index (χ0n) is 9.60. The molecule has 0 spiro atoms. The van der Waals surface area contributed by atoms with Crippen LogP contribution in [0.25, 0.3) is 0 Å². The van der Waals surface area contributed by atoms with Crippen molar-refractivity contribution < 1.29 is 5.11 Å². The molecule has 0 atom stereocenters. The number of aliphatic hydroxyl groups is 1. The SMILES string of the molecule is NCCCCNCc1cn(CCCO)nn1. The molecule has 0 bridgehead atoms. The topological polar surface area (TPSA) is 89.0 Å². The molecule has 16 heavy (non-hydrogen) atoms. The van der Waals surface area contributed by atoms with Gasteiger partial charge in [-0.05, 0) is 32.4 Å². The molecule has 0 amide bonds. The molecule has 0 aliphatic rings. The highest BCUT2D eigenvalue weighted by Crippen LogP contribution is 1.94. The Labute approximate surface area is 95.8 Å². The second kappa shape index (κ2) is 8.20. The monoisotopic (exact) mass is 227 g/mol. The van der Waals surface area contributed by atoms with Crippen molar-refractivity contribution >= 4 is 0 Å². The Kier molecular flexibility index (Phi) is 6.71. The molecule has 1 aromatic rings. The number of aryl methyl sites for hydroxylation is 1. The highest BCUT2D eigenvalue weighted by atomic mass is 16.3. The van der Waals surface area contributed by atoms with Crippen LogP contribution in [0.4, 0.5) is 0 Å². The lowest BCUT2D eigenvalue weighted by Crippen LogP contribution is -2.16. The molecule has 0 unspecified atom stereocenters. The number of aliphatic hydroxyl groups excluding tert-OH is 1. The molecule has 0 aliphatic carbocycles. The van der Waals surface area contributed by atoms with Crippen LogP contribution in [-0.2, 0) is 13.1 Å². The first-order valence-electron chi connectivity index (χ1n) is 5.77. The molecule has 0 fully saturated rings. The van der Waals surface area contributed by atoms with Gasteiger partial charge < -0.3 is 16.2 Å². The molecule has 1 heterocycles. The maximum atomic E-state index is 8.67. The van der Waals surface area contributed by atoms with Gasteiger partial charge in [-0.3, -0.25) is 4.68 Å². The van der Waals surface area contributed by atoms with Gasteiger partial charge in [0.1, 0.15) is 0 Å². The van der Waals surface area contributed by atoms with Crippen molar-refractivity contribution in [3.8, 4) is 0 Å². The molecule has 0 aromatic carbocycles. The van der Waals surface area contributed by atoms with Crippen molar-refractivity contribution in [2.24, 2.45) is 5.73 Å². The normalized spacial score (nSPS) is 10.9. The molecule has 0 saturated heterocycles. The van der Waals surface area contributed by atoms with Gasteiger partial charge in [0.2, 0.25) is 0 Å². The molecule has 1 aromatic heterocycles. The average Bonchev–Trinajstić information content (AvgIpc) is 2.74. The van der Waals surface area contributed by atoms with E-state index >= 15 is 0 Å². The number of unbranched alkanes of at least 4 members (excludes halogenated alkanes) is 1. The lowest BCUT2D eigenvalue weighted by Gasteiger charge is -2.00. The largest absolute Gasteiger partial charge is 0.396 e. The zero-order valence-corrected chi connectivity index (χ0v) is 9.60. The quantitative estimate of drug-likeness (QED) is 0.494. The summed E-state index contributed by atoms with van der Waals surface area (Å²) in [5.74, 6) is 0. The number of aromatic nitrogens is 3. The summed E-state index contributed by atoms with van der Waals surface area (Å²) >= 11 is 0. The summed E-state index contributed by atoms with van der Waals surface area (Å²) in [6.45, 7) is 3.35. The fraction of sp³-hybridized carbons (Fsp3) is 0.800. The van der Waals surface area contributed by atoms with Crippen molar-refractivity contribution in [2.45, 2.75) is 32.4 Å². The van der Waals surface area contributed by atoms with E-state index in [-0.39, 0.29) is 6.61 Å².